The van der Waals surface area contributed by atoms with E-state index in [0.717, 1.165) is 0 Å². The van der Waals surface area contributed by atoms with E-state index in [9.17, 15) is 14.7 Å². The van der Waals surface area contributed by atoms with Gasteiger partial charge in [-0.25, -0.2) is 0 Å². The molecule has 0 bridgehead atoms. The van der Waals surface area contributed by atoms with Gasteiger partial charge in [0.1, 0.15) is 5.75 Å². The third-order valence-electron chi connectivity index (χ3n) is 1.71. The van der Waals surface area contributed by atoms with Crippen LogP contribution >= 0.6 is 0 Å². The summed E-state index contributed by atoms with van der Waals surface area (Å²) in [6.45, 7) is 1.33. The topological polar surface area (TPSA) is 80.4 Å². The summed E-state index contributed by atoms with van der Waals surface area (Å²) >= 11 is 0. The molecule has 0 atom stereocenters. The second-order valence-electron chi connectivity index (χ2n) is 2.90. The minimum absolute atomic E-state index is 0.105. The number of amides is 1. The van der Waals surface area contributed by atoms with Gasteiger partial charge in [-0.2, -0.15) is 0 Å². The summed E-state index contributed by atoms with van der Waals surface area (Å²) in [4.78, 5) is 21.4. The number of benzene rings is 1. The molecule has 0 saturated heterocycles. The molecule has 0 aliphatic carbocycles. The molecule has 0 unspecified atom stereocenters. The minimum Gasteiger partial charge on any atom is -0.507 e. The van der Waals surface area contributed by atoms with E-state index < -0.39 is 5.91 Å². The van der Waals surface area contributed by atoms with Crippen LogP contribution < -0.4 is 5.73 Å². The second kappa shape index (κ2) is 4.29. The molecule has 76 valence electrons. The summed E-state index contributed by atoms with van der Waals surface area (Å²) in [5.74, 6) is 3.51. The first-order valence-electron chi connectivity index (χ1n) is 4.16. The number of Topliss-reactive ketones (excluding diaryl/α,β-unsaturated/α-hetero) is 1. The Kier molecular flexibility index (Phi) is 3.09. The highest BCUT2D eigenvalue weighted by Crippen LogP contribution is 2.18. The fourth-order valence-electron chi connectivity index (χ4n) is 1.03. The quantitative estimate of drug-likeness (QED) is 0.513. The Labute approximate surface area is 86.7 Å². The molecule has 0 radical (unpaired) electrons. The van der Waals surface area contributed by atoms with Crippen LogP contribution in [0.4, 0.5) is 0 Å². The van der Waals surface area contributed by atoms with Gasteiger partial charge in [0.25, 0.3) is 5.91 Å². The highest BCUT2D eigenvalue weighted by molar-refractivity contribution is 5.97. The minimum atomic E-state index is -0.743. The molecule has 1 aromatic rings. The van der Waals surface area contributed by atoms with E-state index in [-0.39, 0.29) is 17.1 Å². The number of nitrogens with two attached hydrogens (primary N) is 1. The molecule has 1 rings (SSSR count). The van der Waals surface area contributed by atoms with E-state index in [1.54, 1.807) is 0 Å². The predicted molar refractivity (Wildman–Crippen MR) is 54.2 cm³/mol. The molecule has 0 saturated carbocycles. The number of carbonyl (C=O) groups excluding carboxylic acids is 2. The van der Waals surface area contributed by atoms with Gasteiger partial charge in [0.15, 0.2) is 5.78 Å². The number of primary amides is 1. The number of phenols is 1. The number of carbonyl (C=O) groups is 2. The van der Waals surface area contributed by atoms with Crippen molar-refractivity contribution in [2.75, 3.05) is 0 Å². The Balaban J connectivity index is 3.15. The number of hydrogen-bond donors (Lipinski definition) is 2. The Hall–Kier alpha value is -2.28. The lowest BCUT2D eigenvalue weighted by molar-refractivity contribution is -0.112. The molecular weight excluding hydrogens is 194 g/mol. The van der Waals surface area contributed by atoms with E-state index >= 15 is 0 Å². The number of rotatable bonds is 1. The maximum atomic E-state index is 11.1. The summed E-state index contributed by atoms with van der Waals surface area (Å²) in [6.07, 6.45) is 0. The van der Waals surface area contributed by atoms with Crippen molar-refractivity contribution in [2.45, 2.75) is 6.92 Å². The maximum absolute atomic E-state index is 11.1. The van der Waals surface area contributed by atoms with Gasteiger partial charge in [-0.3, -0.25) is 9.59 Å². The molecule has 4 heteroatoms. The van der Waals surface area contributed by atoms with E-state index in [0.29, 0.717) is 5.56 Å². The van der Waals surface area contributed by atoms with Gasteiger partial charge in [-0.1, -0.05) is 5.92 Å². The molecule has 1 amide bonds. The van der Waals surface area contributed by atoms with E-state index in [4.69, 9.17) is 5.73 Å². The summed E-state index contributed by atoms with van der Waals surface area (Å²) in [6, 6.07) is 4.26. The Bertz CT molecular complexity index is 480. The number of ketones is 1. The molecule has 0 spiro atoms. The number of aromatic hydroxyl groups is 1. The maximum Gasteiger partial charge on any atom is 0.293 e. The molecule has 0 heterocycles. The molecular formula is C11H9NO3. The Morgan fingerprint density at radius 3 is 2.60 bits per heavy atom. The molecule has 15 heavy (non-hydrogen) atoms. The van der Waals surface area contributed by atoms with Gasteiger partial charge in [0.05, 0.1) is 5.56 Å². The second-order valence-corrected chi connectivity index (χ2v) is 2.90. The van der Waals surface area contributed by atoms with Crippen molar-refractivity contribution < 1.29 is 14.7 Å². The van der Waals surface area contributed by atoms with Gasteiger partial charge in [0, 0.05) is 5.56 Å². The first-order chi connectivity index (χ1) is 7.00. The third kappa shape index (κ3) is 2.85. The standard InChI is InChI=1S/C11H9NO3/c1-7(13)9-6-8(2-4-10(9)14)3-5-11(12)15/h2,4,6,14H,1H3,(H2,12,15). The van der Waals surface area contributed by atoms with Gasteiger partial charge >= 0.3 is 0 Å². The van der Waals surface area contributed by atoms with Gasteiger partial charge in [0.2, 0.25) is 0 Å². The van der Waals surface area contributed by atoms with Crippen molar-refractivity contribution in [2.24, 2.45) is 5.73 Å². The fourth-order valence-corrected chi connectivity index (χ4v) is 1.03. The largest absolute Gasteiger partial charge is 0.507 e. The normalized spacial score (nSPS) is 8.87. The smallest absolute Gasteiger partial charge is 0.293 e. The number of hydrogen-bond acceptors (Lipinski definition) is 3. The SMILES string of the molecule is CC(=O)c1cc(C#CC(N)=O)ccc1O. The molecule has 0 aromatic heterocycles. The Morgan fingerprint density at radius 2 is 2.07 bits per heavy atom. The van der Waals surface area contributed by atoms with Crippen LogP contribution in [0.15, 0.2) is 18.2 Å². The monoisotopic (exact) mass is 203 g/mol. The molecule has 1 aromatic carbocycles. The van der Waals surface area contributed by atoms with Gasteiger partial charge < -0.3 is 10.8 Å². The van der Waals surface area contributed by atoms with Crippen LogP contribution in [-0.4, -0.2) is 16.8 Å². The van der Waals surface area contributed by atoms with E-state index in [2.05, 4.69) is 11.8 Å². The van der Waals surface area contributed by atoms with Crippen molar-refractivity contribution in [3.8, 4) is 17.6 Å². The number of phenolic OH excluding ortho intramolecular Hbond substituents is 1. The van der Waals surface area contributed by atoms with Crippen LogP contribution in [0.5, 0.6) is 5.75 Å². The zero-order chi connectivity index (χ0) is 11.4. The van der Waals surface area contributed by atoms with Crippen molar-refractivity contribution in [1.29, 1.82) is 0 Å². The first-order valence-corrected chi connectivity index (χ1v) is 4.16. The lowest BCUT2D eigenvalue weighted by Crippen LogP contribution is -2.06. The van der Waals surface area contributed by atoms with Gasteiger partial charge in [-0.15, -0.1) is 0 Å². The van der Waals surface area contributed by atoms with Crippen LogP contribution in [0, 0.1) is 11.8 Å². The van der Waals surface area contributed by atoms with Crippen LogP contribution in [0.25, 0.3) is 0 Å². The van der Waals surface area contributed by atoms with Crippen molar-refractivity contribution in [3.63, 3.8) is 0 Å². The average Bonchev–Trinajstić information content (AvgIpc) is 2.16. The third-order valence-corrected chi connectivity index (χ3v) is 1.71. The van der Waals surface area contributed by atoms with Crippen LogP contribution in [-0.2, 0) is 4.79 Å². The van der Waals surface area contributed by atoms with E-state index in [1.165, 1.54) is 25.1 Å². The molecule has 4 nitrogen and oxygen atoms in total. The lowest BCUT2D eigenvalue weighted by atomic mass is 10.1. The summed E-state index contributed by atoms with van der Waals surface area (Å²) < 4.78 is 0. The van der Waals surface area contributed by atoms with Crippen molar-refractivity contribution in [3.05, 3.63) is 29.3 Å². The van der Waals surface area contributed by atoms with Crippen LogP contribution in [0.3, 0.4) is 0 Å². The summed E-state index contributed by atoms with van der Waals surface area (Å²) in [5, 5.41) is 9.32. The van der Waals surface area contributed by atoms with Crippen molar-refractivity contribution >= 4 is 11.7 Å². The highest BCUT2D eigenvalue weighted by Gasteiger charge is 2.05. The van der Waals surface area contributed by atoms with Crippen LogP contribution in [0.2, 0.25) is 0 Å². The molecule has 3 N–H and O–H groups in total. The lowest BCUT2D eigenvalue weighted by Gasteiger charge is -1.99. The summed E-state index contributed by atoms with van der Waals surface area (Å²) in [7, 11) is 0. The van der Waals surface area contributed by atoms with Crippen LogP contribution in [0.1, 0.15) is 22.8 Å². The summed E-state index contributed by atoms with van der Waals surface area (Å²) in [5.41, 5.74) is 5.47. The predicted octanol–water partition coefficient (Wildman–Crippen LogP) is 0.432. The average molecular weight is 203 g/mol. The molecule has 0 fully saturated rings. The zero-order valence-corrected chi connectivity index (χ0v) is 8.07. The highest BCUT2D eigenvalue weighted by atomic mass is 16.3. The zero-order valence-electron chi connectivity index (χ0n) is 8.07. The van der Waals surface area contributed by atoms with Gasteiger partial charge in [-0.05, 0) is 31.0 Å². The first kappa shape index (κ1) is 10.8. The molecule has 0 aliphatic heterocycles. The van der Waals surface area contributed by atoms with E-state index in [1.807, 2.05) is 0 Å². The fraction of sp³-hybridized carbons (Fsp3) is 0.0909. The van der Waals surface area contributed by atoms with Crippen molar-refractivity contribution in [1.82, 2.24) is 0 Å². The molecule has 0 aliphatic rings. The Morgan fingerprint density at radius 1 is 1.40 bits per heavy atom.